The molecule has 0 saturated carbocycles. The van der Waals surface area contributed by atoms with Gasteiger partial charge in [0.2, 0.25) is 8.46 Å². The van der Waals surface area contributed by atoms with E-state index < -0.39 is 31.7 Å². The Morgan fingerprint density at radius 3 is 1.65 bits per heavy atom. The third-order valence-corrected chi connectivity index (χ3v) is 8.05. The van der Waals surface area contributed by atoms with Crippen molar-refractivity contribution >= 4 is 27.1 Å². The van der Waals surface area contributed by atoms with Crippen LogP contribution in [0.5, 0.6) is 0 Å². The number of aliphatic hydroxyl groups is 1. The van der Waals surface area contributed by atoms with E-state index in [1.54, 1.807) is 0 Å². The summed E-state index contributed by atoms with van der Waals surface area (Å²) in [5.74, 6) is -0.577. The largest absolute Gasteiger partial charge is 0.460 e. The second kappa shape index (κ2) is 24.3. The molecule has 40 heavy (non-hydrogen) atoms. The van der Waals surface area contributed by atoms with E-state index in [-0.39, 0.29) is 12.0 Å². The molecule has 0 aromatic rings. The summed E-state index contributed by atoms with van der Waals surface area (Å²) in [6.07, 6.45) is 22.0. The molecular formula is C32H63O6PS. The minimum absolute atomic E-state index is 0.0683. The summed E-state index contributed by atoms with van der Waals surface area (Å²) < 4.78 is 28.4. The van der Waals surface area contributed by atoms with Crippen LogP contribution in [0, 0.1) is 11.3 Å². The fraction of sp³-hybridized carbons (Fsp3) is 0.969. The number of ether oxygens (including phenoxy) is 3. The molecular weight excluding hydrogens is 543 g/mol. The van der Waals surface area contributed by atoms with Crippen molar-refractivity contribution in [3.8, 4) is 0 Å². The second-order valence-corrected chi connectivity index (χ2v) is 14.0. The normalized spacial score (nSPS) is 16.0. The average Bonchev–Trinajstić information content (AvgIpc) is 2.91. The number of hydrogen-bond acceptors (Lipinski definition) is 7. The van der Waals surface area contributed by atoms with E-state index in [1.165, 1.54) is 96.3 Å². The molecule has 0 rings (SSSR count). The number of unbranched alkanes of at least 4 members (excludes halogenated alkanes) is 13. The Morgan fingerprint density at radius 2 is 1.25 bits per heavy atom. The van der Waals surface area contributed by atoms with E-state index in [0.29, 0.717) is 12.3 Å². The third-order valence-electron chi connectivity index (χ3n) is 7.18. The third kappa shape index (κ3) is 21.5. The summed E-state index contributed by atoms with van der Waals surface area (Å²) in [6.45, 7) is 12.1. The first-order chi connectivity index (χ1) is 19.0. The minimum atomic E-state index is -2.60. The van der Waals surface area contributed by atoms with Gasteiger partial charge in [0.15, 0.2) is 6.29 Å². The molecule has 4 atom stereocenters. The molecule has 0 aliphatic rings. The molecule has 238 valence electrons. The average molecular weight is 607 g/mol. The Balaban J connectivity index is 4.83. The van der Waals surface area contributed by atoms with Crippen molar-refractivity contribution in [2.75, 3.05) is 6.61 Å². The van der Waals surface area contributed by atoms with Crippen LogP contribution >= 0.6 is 21.1 Å². The van der Waals surface area contributed by atoms with Crippen LogP contribution in [-0.2, 0) is 23.6 Å². The maximum Gasteiger partial charge on any atom is 0.379 e. The van der Waals surface area contributed by atoms with Crippen LogP contribution in [0.15, 0.2) is 0 Å². The molecule has 0 aromatic heterocycles. The van der Waals surface area contributed by atoms with E-state index in [4.69, 9.17) is 26.8 Å². The van der Waals surface area contributed by atoms with Crippen LogP contribution in [0.4, 0.5) is 0 Å². The minimum Gasteiger partial charge on any atom is -0.460 e. The number of rotatable bonds is 27. The van der Waals surface area contributed by atoms with Gasteiger partial charge in [-0.25, -0.2) is 4.79 Å². The highest BCUT2D eigenvalue weighted by atomic mass is 32.1. The molecule has 0 radical (unpaired) electrons. The lowest BCUT2D eigenvalue weighted by Crippen LogP contribution is -2.42. The quantitative estimate of drug-likeness (QED) is 0.0318. The van der Waals surface area contributed by atoms with Crippen molar-refractivity contribution in [2.45, 2.75) is 181 Å². The number of carbonyl (C=O) groups is 1. The number of hydrogen-bond donors (Lipinski definition) is 2. The zero-order chi connectivity index (χ0) is 30.3. The second-order valence-electron chi connectivity index (χ2n) is 12.7. The fourth-order valence-corrected chi connectivity index (χ4v) is 5.46. The van der Waals surface area contributed by atoms with E-state index in [1.807, 2.05) is 27.7 Å². The van der Waals surface area contributed by atoms with Crippen LogP contribution in [-0.4, -0.2) is 34.9 Å². The van der Waals surface area contributed by atoms with Gasteiger partial charge >= 0.3 is 11.5 Å². The van der Waals surface area contributed by atoms with Crippen molar-refractivity contribution in [1.29, 1.82) is 0 Å². The Labute approximate surface area is 254 Å². The fourth-order valence-electron chi connectivity index (χ4n) is 4.73. The zero-order valence-electron chi connectivity index (χ0n) is 26.8. The first-order valence-corrected chi connectivity index (χ1v) is 17.6. The molecule has 0 spiro atoms. The van der Waals surface area contributed by atoms with Crippen LogP contribution in [0.2, 0.25) is 0 Å². The molecule has 6 nitrogen and oxygen atoms in total. The summed E-state index contributed by atoms with van der Waals surface area (Å²) in [7, 11) is -0.886. The Bertz CT molecular complexity index is 629. The Hall–Kier alpha value is -0.200. The molecule has 8 heteroatoms. The van der Waals surface area contributed by atoms with Crippen molar-refractivity contribution < 1.29 is 28.7 Å². The van der Waals surface area contributed by atoms with Gasteiger partial charge < -0.3 is 19.3 Å². The summed E-state index contributed by atoms with van der Waals surface area (Å²) in [6, 6.07) is 0. The monoisotopic (exact) mass is 606 g/mol. The number of esters is 1. The molecule has 0 heterocycles. The Morgan fingerprint density at radius 1 is 0.800 bits per heavy atom. The van der Waals surface area contributed by atoms with Crippen LogP contribution in [0.3, 0.4) is 0 Å². The lowest BCUT2D eigenvalue weighted by molar-refractivity contribution is -0.259. The molecule has 4 unspecified atom stereocenters. The van der Waals surface area contributed by atoms with Crippen LogP contribution in [0.1, 0.15) is 164 Å². The van der Waals surface area contributed by atoms with Gasteiger partial charge in [0, 0.05) is 0 Å². The van der Waals surface area contributed by atoms with Crippen molar-refractivity contribution in [3.63, 3.8) is 0 Å². The van der Waals surface area contributed by atoms with Gasteiger partial charge in [-0.15, -0.1) is 12.6 Å². The van der Waals surface area contributed by atoms with E-state index in [2.05, 4.69) is 13.8 Å². The topological polar surface area (TPSA) is 82.1 Å². The van der Waals surface area contributed by atoms with Gasteiger partial charge in [0.05, 0.1) is 6.61 Å². The van der Waals surface area contributed by atoms with Gasteiger partial charge in [-0.1, -0.05) is 151 Å². The zero-order valence-corrected chi connectivity index (χ0v) is 28.5. The highest BCUT2D eigenvalue weighted by Gasteiger charge is 2.44. The highest BCUT2D eigenvalue weighted by molar-refractivity contribution is 7.80. The maximum atomic E-state index is 12.5. The van der Waals surface area contributed by atoms with Gasteiger partial charge in [-0.3, -0.25) is 4.57 Å². The number of carbonyl (C=O) groups excluding carboxylic acids is 1. The summed E-state index contributed by atoms with van der Waals surface area (Å²) >= 11 is 4.70. The van der Waals surface area contributed by atoms with E-state index in [9.17, 15) is 14.5 Å². The van der Waals surface area contributed by atoms with Crippen LogP contribution < -0.4 is 0 Å². The highest BCUT2D eigenvalue weighted by Crippen LogP contribution is 2.30. The molecule has 0 aromatic carbocycles. The molecule has 1 N–H and O–H groups in total. The first-order valence-electron chi connectivity index (χ1n) is 16.3. The van der Waals surface area contributed by atoms with Gasteiger partial charge in [0.1, 0.15) is 5.44 Å². The summed E-state index contributed by atoms with van der Waals surface area (Å²) in [5.41, 5.74) is -3.31. The molecule has 0 amide bonds. The van der Waals surface area contributed by atoms with Gasteiger partial charge in [-0.05, 0) is 24.2 Å². The summed E-state index contributed by atoms with van der Waals surface area (Å²) in [4.78, 5) is 12.5. The molecule has 0 aliphatic heterocycles. The first kappa shape index (κ1) is 39.8. The van der Waals surface area contributed by atoms with Crippen LogP contribution in [0.25, 0.3) is 0 Å². The Kier molecular flexibility index (Phi) is 24.1. The molecule has 0 aliphatic carbocycles. The number of thiol groups is 1. The lowest BCUT2D eigenvalue weighted by atomic mass is 9.91. The lowest BCUT2D eigenvalue weighted by Gasteiger charge is -2.29. The predicted molar refractivity (Wildman–Crippen MR) is 170 cm³/mol. The van der Waals surface area contributed by atoms with Gasteiger partial charge in [0.25, 0.3) is 0 Å². The standard InChI is InChI=1S/C32H63O6PS/c1-7-10-12-14-16-17-18-20-22-24-27(23-21-19-15-13-11-8-2)25-29(40)37-28(9-3)38-32(34,39-35)30(33)36-26-31(4,5)6/h27-29,34,40H,7-26H2,1-6H3. The molecule has 0 bridgehead atoms. The maximum absolute atomic E-state index is 12.5. The summed E-state index contributed by atoms with van der Waals surface area (Å²) in [5, 5.41) is 10.6. The van der Waals surface area contributed by atoms with Crippen molar-refractivity contribution in [3.05, 3.63) is 0 Å². The molecule has 0 fully saturated rings. The van der Waals surface area contributed by atoms with Crippen molar-refractivity contribution in [1.82, 2.24) is 0 Å². The SMILES string of the molecule is CCCCCCCCCCCC(CCCCCCCC)CC(S)OC(CC)OC(O)(P=O)C(=O)OCC(C)(C)C. The van der Waals surface area contributed by atoms with E-state index >= 15 is 0 Å². The predicted octanol–water partition coefficient (Wildman–Crippen LogP) is 10.2. The van der Waals surface area contributed by atoms with Crippen molar-refractivity contribution in [2.24, 2.45) is 11.3 Å². The van der Waals surface area contributed by atoms with Gasteiger partial charge in [-0.2, -0.15) is 0 Å². The molecule has 0 saturated heterocycles. The smallest absolute Gasteiger partial charge is 0.379 e. The van der Waals surface area contributed by atoms with E-state index in [0.717, 1.165) is 19.3 Å².